The summed E-state index contributed by atoms with van der Waals surface area (Å²) in [7, 11) is 0. The third-order valence-electron chi connectivity index (χ3n) is 4.49. The molecule has 0 aromatic carbocycles. The molecule has 4 heterocycles. The second-order valence-electron chi connectivity index (χ2n) is 6.27. The number of nitrogens with zero attached hydrogens (tertiary/aromatic N) is 6. The fourth-order valence-electron chi connectivity index (χ4n) is 3.23. The van der Waals surface area contributed by atoms with E-state index in [1.165, 1.54) is 0 Å². The van der Waals surface area contributed by atoms with Crippen LogP contribution in [0.2, 0.25) is 0 Å². The van der Waals surface area contributed by atoms with Gasteiger partial charge < -0.3 is 10.2 Å². The van der Waals surface area contributed by atoms with Gasteiger partial charge in [0.15, 0.2) is 5.82 Å². The minimum absolute atomic E-state index is 0.0187. The fourth-order valence-corrected chi connectivity index (χ4v) is 3.23. The van der Waals surface area contributed by atoms with Gasteiger partial charge in [0.05, 0.1) is 23.5 Å². The van der Waals surface area contributed by atoms with E-state index in [0.29, 0.717) is 23.9 Å². The lowest BCUT2D eigenvalue weighted by Crippen LogP contribution is -2.39. The van der Waals surface area contributed by atoms with E-state index in [1.807, 2.05) is 11.0 Å². The highest BCUT2D eigenvalue weighted by molar-refractivity contribution is 5.94. The van der Waals surface area contributed by atoms with Crippen molar-refractivity contribution in [1.82, 2.24) is 29.8 Å². The van der Waals surface area contributed by atoms with E-state index >= 15 is 0 Å². The van der Waals surface area contributed by atoms with Crippen LogP contribution in [0.15, 0.2) is 55.4 Å². The van der Waals surface area contributed by atoms with Crippen molar-refractivity contribution in [3.05, 3.63) is 66.6 Å². The van der Waals surface area contributed by atoms with Gasteiger partial charge in [0.1, 0.15) is 0 Å². The molecular weight excluding hydrogens is 342 g/mol. The van der Waals surface area contributed by atoms with Crippen LogP contribution in [0.3, 0.4) is 0 Å². The van der Waals surface area contributed by atoms with Crippen molar-refractivity contribution in [2.45, 2.75) is 25.3 Å². The Labute approximate surface area is 156 Å². The Balaban J connectivity index is 1.58. The molecule has 27 heavy (non-hydrogen) atoms. The molecule has 3 aromatic heterocycles. The van der Waals surface area contributed by atoms with Gasteiger partial charge in [-0.05, 0) is 37.5 Å². The number of likely N-dealkylation sites (tertiary alicyclic amines) is 1. The van der Waals surface area contributed by atoms with E-state index in [2.05, 4.69) is 30.2 Å². The van der Waals surface area contributed by atoms with E-state index < -0.39 is 0 Å². The molecule has 0 saturated carbocycles. The molecule has 136 valence electrons. The number of anilines is 2. The van der Waals surface area contributed by atoms with Gasteiger partial charge in [0.2, 0.25) is 5.95 Å². The van der Waals surface area contributed by atoms with E-state index in [9.17, 15) is 4.79 Å². The van der Waals surface area contributed by atoms with E-state index in [-0.39, 0.29) is 11.9 Å². The Hall–Kier alpha value is -3.42. The van der Waals surface area contributed by atoms with Crippen LogP contribution >= 0.6 is 0 Å². The van der Waals surface area contributed by atoms with Crippen LogP contribution in [-0.4, -0.2) is 42.3 Å². The van der Waals surface area contributed by atoms with Crippen LogP contribution in [0.4, 0.5) is 11.8 Å². The molecule has 4 rings (SSSR count). The summed E-state index contributed by atoms with van der Waals surface area (Å²) in [5, 5.41) is 3.05. The third kappa shape index (κ3) is 3.89. The van der Waals surface area contributed by atoms with Crippen molar-refractivity contribution in [1.29, 1.82) is 0 Å². The van der Waals surface area contributed by atoms with Crippen LogP contribution in [0.5, 0.6) is 0 Å². The number of rotatable bonds is 4. The number of amides is 1. The molecule has 3 aromatic rings. The van der Waals surface area contributed by atoms with E-state index in [4.69, 9.17) is 0 Å². The molecule has 1 atom stereocenters. The van der Waals surface area contributed by atoms with Gasteiger partial charge in [-0.3, -0.25) is 14.8 Å². The number of aromatic nitrogens is 5. The number of piperidine rings is 1. The molecule has 1 amide bonds. The Morgan fingerprint density at radius 3 is 2.78 bits per heavy atom. The van der Waals surface area contributed by atoms with Crippen molar-refractivity contribution < 1.29 is 4.79 Å². The van der Waals surface area contributed by atoms with Crippen LogP contribution < -0.4 is 5.32 Å². The summed E-state index contributed by atoms with van der Waals surface area (Å²) in [5.41, 5.74) is 1.41. The minimum Gasteiger partial charge on any atom is -0.330 e. The smallest absolute Gasteiger partial charge is 0.255 e. The highest BCUT2D eigenvalue weighted by Crippen LogP contribution is 2.31. The topological polar surface area (TPSA) is 96.8 Å². The Bertz CT molecular complexity index is 904. The number of carbonyl (C=O) groups excluding carboxylic acids is 1. The molecule has 8 nitrogen and oxygen atoms in total. The zero-order valence-electron chi connectivity index (χ0n) is 14.7. The fraction of sp³-hybridized carbons (Fsp3) is 0.263. The predicted octanol–water partition coefficient (Wildman–Crippen LogP) is 2.77. The molecule has 0 bridgehead atoms. The molecule has 0 aliphatic carbocycles. The summed E-state index contributed by atoms with van der Waals surface area (Å²) in [6.45, 7) is 0.704. The first kappa shape index (κ1) is 17.0. The molecule has 1 aliphatic rings. The number of hydrogen-bond acceptors (Lipinski definition) is 7. The SMILES string of the molecule is O=C(c1cccnc1)N1CCCC[C@@H]1c1ccnc(Nc2cnccn2)n1. The van der Waals surface area contributed by atoms with Crippen molar-refractivity contribution >= 4 is 17.7 Å². The lowest BCUT2D eigenvalue weighted by molar-refractivity contribution is 0.0605. The van der Waals surface area contributed by atoms with E-state index in [1.54, 1.807) is 49.3 Å². The van der Waals surface area contributed by atoms with Crippen molar-refractivity contribution in [3.63, 3.8) is 0 Å². The summed E-state index contributed by atoms with van der Waals surface area (Å²) in [5.74, 6) is 0.990. The lowest BCUT2D eigenvalue weighted by atomic mass is 9.98. The second-order valence-corrected chi connectivity index (χ2v) is 6.27. The van der Waals surface area contributed by atoms with Crippen LogP contribution in [0, 0.1) is 0 Å². The average Bonchev–Trinajstić information content (AvgIpc) is 2.75. The maximum Gasteiger partial charge on any atom is 0.255 e. The van der Waals surface area contributed by atoms with Gasteiger partial charge in [-0.2, -0.15) is 0 Å². The summed E-state index contributed by atoms with van der Waals surface area (Å²) >= 11 is 0. The Morgan fingerprint density at radius 1 is 1.04 bits per heavy atom. The average molecular weight is 361 g/mol. The van der Waals surface area contributed by atoms with Crippen molar-refractivity contribution in [3.8, 4) is 0 Å². The summed E-state index contributed by atoms with van der Waals surface area (Å²) in [4.78, 5) is 36.0. The minimum atomic E-state index is -0.0862. The molecule has 1 fully saturated rings. The molecule has 1 N–H and O–H groups in total. The normalized spacial score (nSPS) is 16.7. The molecule has 0 unspecified atom stereocenters. The van der Waals surface area contributed by atoms with E-state index in [0.717, 1.165) is 25.0 Å². The molecule has 0 radical (unpaired) electrons. The molecule has 8 heteroatoms. The van der Waals surface area contributed by atoms with Crippen LogP contribution in [0.1, 0.15) is 41.4 Å². The van der Waals surface area contributed by atoms with Crippen LogP contribution in [-0.2, 0) is 0 Å². The number of pyridine rings is 1. The molecule has 0 spiro atoms. The molecular formula is C19H19N7O. The third-order valence-corrected chi connectivity index (χ3v) is 4.49. The quantitative estimate of drug-likeness (QED) is 0.763. The number of hydrogen-bond donors (Lipinski definition) is 1. The lowest BCUT2D eigenvalue weighted by Gasteiger charge is -2.35. The zero-order valence-corrected chi connectivity index (χ0v) is 14.7. The summed E-state index contributed by atoms with van der Waals surface area (Å²) in [6.07, 6.45) is 12.7. The van der Waals surface area contributed by atoms with Crippen LogP contribution in [0.25, 0.3) is 0 Å². The first-order valence-electron chi connectivity index (χ1n) is 8.88. The monoisotopic (exact) mass is 361 g/mol. The van der Waals surface area contributed by atoms with Crippen molar-refractivity contribution in [2.75, 3.05) is 11.9 Å². The number of carbonyl (C=O) groups is 1. The first-order valence-corrected chi connectivity index (χ1v) is 8.88. The molecule has 1 saturated heterocycles. The standard InChI is InChI=1S/C19H19N7O/c27-18(14-4-3-7-20-12-14)26-11-2-1-5-16(26)15-6-8-23-19(24-15)25-17-13-21-9-10-22-17/h3-4,6-10,12-13,16H,1-2,5,11H2,(H,22,23,24,25)/t16-/m1/s1. The second kappa shape index (κ2) is 7.86. The highest BCUT2D eigenvalue weighted by atomic mass is 16.2. The first-order chi connectivity index (χ1) is 13.3. The highest BCUT2D eigenvalue weighted by Gasteiger charge is 2.30. The molecule has 1 aliphatic heterocycles. The van der Waals surface area contributed by atoms with Gasteiger partial charge in [0.25, 0.3) is 5.91 Å². The Morgan fingerprint density at radius 2 is 1.96 bits per heavy atom. The maximum absolute atomic E-state index is 13.0. The van der Waals surface area contributed by atoms with Gasteiger partial charge >= 0.3 is 0 Å². The van der Waals surface area contributed by atoms with Crippen molar-refractivity contribution in [2.24, 2.45) is 0 Å². The van der Waals surface area contributed by atoms with Gasteiger partial charge in [-0.15, -0.1) is 0 Å². The number of nitrogens with one attached hydrogen (secondary N) is 1. The Kier molecular flexibility index (Phi) is 4.95. The zero-order chi connectivity index (χ0) is 18.5. The summed E-state index contributed by atoms with van der Waals surface area (Å²) < 4.78 is 0. The predicted molar refractivity (Wildman–Crippen MR) is 99.2 cm³/mol. The van der Waals surface area contributed by atoms with Gasteiger partial charge in [-0.25, -0.2) is 15.0 Å². The summed E-state index contributed by atoms with van der Waals surface area (Å²) in [6, 6.07) is 5.35. The maximum atomic E-state index is 13.0. The van der Waals surface area contributed by atoms with Gasteiger partial charge in [0, 0.05) is 37.5 Å². The van der Waals surface area contributed by atoms with Gasteiger partial charge in [-0.1, -0.05) is 0 Å². The largest absolute Gasteiger partial charge is 0.330 e.